The predicted octanol–water partition coefficient (Wildman–Crippen LogP) is 1.65. The van der Waals surface area contributed by atoms with Gasteiger partial charge in [0.1, 0.15) is 10.7 Å². The number of anilines is 2. The van der Waals surface area contributed by atoms with Gasteiger partial charge in [-0.15, -0.1) is 0 Å². The molecule has 3 N–H and O–H groups in total. The van der Waals surface area contributed by atoms with Gasteiger partial charge in [-0.1, -0.05) is 11.3 Å². The second kappa shape index (κ2) is 6.21. The first-order valence-corrected chi connectivity index (χ1v) is 6.85. The zero-order valence-electron chi connectivity index (χ0n) is 12.1. The van der Waals surface area contributed by atoms with Crippen LogP contribution in [0.2, 0.25) is 0 Å². The average molecular weight is 286 g/mol. The van der Waals surface area contributed by atoms with Gasteiger partial charge in [-0.2, -0.15) is 0 Å². The predicted molar refractivity (Wildman–Crippen MR) is 78.7 cm³/mol. The third-order valence-electron chi connectivity index (χ3n) is 2.31. The van der Waals surface area contributed by atoms with Crippen molar-refractivity contribution < 1.29 is 9.53 Å². The van der Waals surface area contributed by atoms with Crippen LogP contribution in [0.5, 0.6) is 0 Å². The molecule has 1 aromatic rings. The molecule has 1 rings (SSSR count). The molecule has 0 saturated heterocycles. The van der Waals surface area contributed by atoms with Gasteiger partial charge >= 0.3 is 0 Å². The molecule has 6 nitrogen and oxygen atoms in total. The number of nitrogens with zero attached hydrogens (tertiary/aromatic N) is 2. The fourth-order valence-electron chi connectivity index (χ4n) is 1.36. The highest BCUT2D eigenvalue weighted by molar-refractivity contribution is 7.18. The first-order valence-electron chi connectivity index (χ1n) is 6.03. The number of hydrogen-bond donors (Lipinski definition) is 2. The molecule has 0 radical (unpaired) electrons. The zero-order valence-corrected chi connectivity index (χ0v) is 12.9. The molecule has 108 valence electrons. The number of hydrogen-bond acceptors (Lipinski definition) is 6. The van der Waals surface area contributed by atoms with Crippen molar-refractivity contribution in [2.45, 2.75) is 26.3 Å². The Morgan fingerprint density at radius 1 is 1.53 bits per heavy atom. The molecule has 0 aliphatic carbocycles. The second-order valence-corrected chi connectivity index (χ2v) is 6.33. The molecule has 0 aromatic carbocycles. The Kier molecular flexibility index (Phi) is 5.13. The Hall–Kier alpha value is -1.34. The number of nitrogens with two attached hydrogens (primary N) is 1. The zero-order chi connectivity index (χ0) is 14.6. The van der Waals surface area contributed by atoms with Crippen molar-refractivity contribution in [3.8, 4) is 0 Å². The third-order valence-corrected chi connectivity index (χ3v) is 3.28. The molecule has 0 aliphatic heterocycles. The number of carbonyl (C=O) groups excluding carboxylic acids is 1. The first-order chi connectivity index (χ1) is 8.74. The standard InChI is InChI=1S/C12H22N4O2S/c1-12(2,3)15-11-14-9(13)8(19-11)10(17)16(4)6-7-18-5/h6-7,13H2,1-5H3,(H,14,15). The minimum atomic E-state index is -0.131. The monoisotopic (exact) mass is 286 g/mol. The van der Waals surface area contributed by atoms with Crippen molar-refractivity contribution in [1.82, 2.24) is 9.88 Å². The summed E-state index contributed by atoms with van der Waals surface area (Å²) in [5.74, 6) is 0.139. The Balaban J connectivity index is 2.81. The van der Waals surface area contributed by atoms with Crippen molar-refractivity contribution in [3.63, 3.8) is 0 Å². The van der Waals surface area contributed by atoms with Crippen LogP contribution in [0.1, 0.15) is 30.4 Å². The highest BCUT2D eigenvalue weighted by atomic mass is 32.1. The molecule has 0 aliphatic rings. The van der Waals surface area contributed by atoms with Crippen LogP contribution in [0, 0.1) is 0 Å². The summed E-state index contributed by atoms with van der Waals surface area (Å²) in [5.41, 5.74) is 5.69. The van der Waals surface area contributed by atoms with Gasteiger partial charge in [0.05, 0.1) is 6.61 Å². The molecule has 0 atom stereocenters. The number of carbonyl (C=O) groups is 1. The lowest BCUT2D eigenvalue weighted by Gasteiger charge is -2.19. The number of amides is 1. The lowest BCUT2D eigenvalue weighted by Crippen LogP contribution is -2.29. The molecule has 0 spiro atoms. The minimum absolute atomic E-state index is 0.118. The lowest BCUT2D eigenvalue weighted by atomic mass is 10.1. The molecule has 0 bridgehead atoms. The molecule has 0 unspecified atom stereocenters. The average Bonchev–Trinajstić information content (AvgIpc) is 2.63. The van der Waals surface area contributed by atoms with Gasteiger partial charge in [-0.3, -0.25) is 4.79 Å². The normalized spacial score (nSPS) is 11.4. The van der Waals surface area contributed by atoms with Gasteiger partial charge in [0, 0.05) is 26.2 Å². The fraction of sp³-hybridized carbons (Fsp3) is 0.667. The molecule has 0 fully saturated rings. The third kappa shape index (κ3) is 4.68. The fourth-order valence-corrected chi connectivity index (χ4v) is 2.45. The largest absolute Gasteiger partial charge is 0.383 e. The summed E-state index contributed by atoms with van der Waals surface area (Å²) < 4.78 is 4.95. The van der Waals surface area contributed by atoms with E-state index in [1.54, 1.807) is 19.1 Å². The molecular formula is C12H22N4O2S. The van der Waals surface area contributed by atoms with Crippen LogP contribution in [-0.2, 0) is 4.74 Å². The van der Waals surface area contributed by atoms with Crippen molar-refractivity contribution in [2.75, 3.05) is 38.4 Å². The van der Waals surface area contributed by atoms with Crippen LogP contribution in [-0.4, -0.2) is 48.6 Å². The Morgan fingerprint density at radius 3 is 2.68 bits per heavy atom. The maximum atomic E-state index is 12.2. The van der Waals surface area contributed by atoms with Crippen LogP contribution >= 0.6 is 11.3 Å². The first kappa shape index (κ1) is 15.7. The molecule has 1 aromatic heterocycles. The number of ether oxygens (including phenoxy) is 1. The highest BCUT2D eigenvalue weighted by Gasteiger charge is 2.21. The quantitative estimate of drug-likeness (QED) is 0.860. The van der Waals surface area contributed by atoms with E-state index >= 15 is 0 Å². The molecule has 1 amide bonds. The molecule has 7 heteroatoms. The summed E-state index contributed by atoms with van der Waals surface area (Å²) in [6, 6.07) is 0. The summed E-state index contributed by atoms with van der Waals surface area (Å²) in [7, 11) is 3.32. The van der Waals surface area contributed by atoms with E-state index in [4.69, 9.17) is 10.5 Å². The number of aromatic nitrogens is 1. The summed E-state index contributed by atoms with van der Waals surface area (Å²) >= 11 is 1.28. The number of thiazole rings is 1. The molecule has 19 heavy (non-hydrogen) atoms. The van der Waals surface area contributed by atoms with E-state index in [2.05, 4.69) is 10.3 Å². The summed E-state index contributed by atoms with van der Waals surface area (Å²) in [6.07, 6.45) is 0. The Bertz CT molecular complexity index is 439. The lowest BCUT2D eigenvalue weighted by molar-refractivity contribution is 0.0749. The van der Waals surface area contributed by atoms with E-state index in [0.29, 0.717) is 23.2 Å². The van der Waals surface area contributed by atoms with E-state index < -0.39 is 0 Å². The van der Waals surface area contributed by atoms with Crippen LogP contribution in [0.4, 0.5) is 10.9 Å². The van der Waals surface area contributed by atoms with Gasteiger partial charge in [-0.05, 0) is 20.8 Å². The number of methoxy groups -OCH3 is 1. The molecule has 1 heterocycles. The van der Waals surface area contributed by atoms with Gasteiger partial charge in [-0.25, -0.2) is 4.98 Å². The van der Waals surface area contributed by atoms with Crippen molar-refractivity contribution in [2.24, 2.45) is 0 Å². The van der Waals surface area contributed by atoms with Crippen molar-refractivity contribution >= 4 is 28.2 Å². The van der Waals surface area contributed by atoms with E-state index in [-0.39, 0.29) is 17.3 Å². The van der Waals surface area contributed by atoms with Crippen molar-refractivity contribution in [3.05, 3.63) is 4.88 Å². The van der Waals surface area contributed by atoms with Gasteiger partial charge in [0.2, 0.25) is 0 Å². The maximum absolute atomic E-state index is 12.2. The summed E-state index contributed by atoms with van der Waals surface area (Å²) in [4.78, 5) is 18.4. The smallest absolute Gasteiger partial charge is 0.267 e. The highest BCUT2D eigenvalue weighted by Crippen LogP contribution is 2.28. The van der Waals surface area contributed by atoms with Crippen LogP contribution in [0.25, 0.3) is 0 Å². The minimum Gasteiger partial charge on any atom is -0.383 e. The van der Waals surface area contributed by atoms with E-state index in [9.17, 15) is 4.79 Å². The van der Waals surface area contributed by atoms with Gasteiger partial charge < -0.3 is 20.7 Å². The van der Waals surface area contributed by atoms with Crippen LogP contribution in [0.15, 0.2) is 0 Å². The summed E-state index contributed by atoms with van der Waals surface area (Å²) in [6.45, 7) is 7.09. The number of rotatable bonds is 5. The Morgan fingerprint density at radius 2 is 2.16 bits per heavy atom. The van der Waals surface area contributed by atoms with Crippen molar-refractivity contribution in [1.29, 1.82) is 0 Å². The van der Waals surface area contributed by atoms with Gasteiger partial charge in [0.15, 0.2) is 5.13 Å². The van der Waals surface area contributed by atoms with E-state index in [1.807, 2.05) is 20.8 Å². The van der Waals surface area contributed by atoms with E-state index in [0.717, 1.165) is 0 Å². The second-order valence-electron chi connectivity index (χ2n) is 5.33. The van der Waals surface area contributed by atoms with Gasteiger partial charge in [0.25, 0.3) is 5.91 Å². The number of nitrogens with one attached hydrogen (secondary N) is 1. The number of nitrogen functional groups attached to an aromatic ring is 1. The Labute approximate surface area is 118 Å². The summed E-state index contributed by atoms with van der Waals surface area (Å²) in [5, 5.41) is 3.87. The molecule has 0 saturated carbocycles. The van der Waals surface area contributed by atoms with Crippen LogP contribution < -0.4 is 11.1 Å². The van der Waals surface area contributed by atoms with E-state index in [1.165, 1.54) is 11.3 Å². The number of likely N-dealkylation sites (N-methyl/N-ethyl adjacent to an activating group) is 1. The van der Waals surface area contributed by atoms with Crippen LogP contribution in [0.3, 0.4) is 0 Å². The molecular weight excluding hydrogens is 264 g/mol. The topological polar surface area (TPSA) is 80.5 Å². The maximum Gasteiger partial charge on any atom is 0.267 e. The SMILES string of the molecule is COCCN(C)C(=O)c1sc(NC(C)(C)C)nc1N.